The Morgan fingerprint density at radius 1 is 1.21 bits per heavy atom. The van der Waals surface area contributed by atoms with Crippen molar-refractivity contribution in [1.82, 2.24) is 4.90 Å². The molecule has 0 aromatic heterocycles. The number of likely N-dealkylation sites (N-methyl/N-ethyl adjacent to an activating group) is 1. The minimum absolute atomic E-state index is 0.398. The molecule has 1 aliphatic heterocycles. The smallest absolute Gasteiger partial charge is 0.0658 e. The van der Waals surface area contributed by atoms with Crippen LogP contribution < -0.4 is 10.6 Å². The van der Waals surface area contributed by atoms with E-state index in [4.69, 9.17) is 17.3 Å². The zero-order chi connectivity index (χ0) is 14.0. The van der Waals surface area contributed by atoms with E-state index in [9.17, 15) is 0 Å². The van der Waals surface area contributed by atoms with Gasteiger partial charge in [-0.25, -0.2) is 0 Å². The minimum atomic E-state index is 0.398. The molecular formula is C15H24ClN3. The van der Waals surface area contributed by atoms with Crippen molar-refractivity contribution in [2.45, 2.75) is 26.7 Å². The number of rotatable bonds is 3. The Morgan fingerprint density at radius 2 is 1.84 bits per heavy atom. The van der Waals surface area contributed by atoms with Crippen molar-refractivity contribution in [3.05, 3.63) is 22.7 Å². The maximum atomic E-state index is 6.28. The van der Waals surface area contributed by atoms with Crippen LogP contribution in [0.1, 0.15) is 32.3 Å². The number of hydrogen-bond acceptors (Lipinski definition) is 3. The average molecular weight is 282 g/mol. The van der Waals surface area contributed by atoms with Gasteiger partial charge in [-0.15, -0.1) is 0 Å². The SMILES string of the molecule is CCN1CCN(c2cc(Cl)c(N)c(C(C)C)c2)CC1. The Balaban J connectivity index is 2.21. The van der Waals surface area contributed by atoms with Gasteiger partial charge in [-0.05, 0) is 30.2 Å². The Labute approximate surface area is 121 Å². The quantitative estimate of drug-likeness (QED) is 0.864. The van der Waals surface area contributed by atoms with Crippen molar-refractivity contribution in [2.24, 2.45) is 0 Å². The molecule has 0 spiro atoms. The molecule has 4 heteroatoms. The van der Waals surface area contributed by atoms with Crippen molar-refractivity contribution >= 4 is 23.0 Å². The summed E-state index contributed by atoms with van der Waals surface area (Å²) in [4.78, 5) is 4.88. The van der Waals surface area contributed by atoms with Crippen LogP contribution in [-0.4, -0.2) is 37.6 Å². The van der Waals surface area contributed by atoms with Crippen LogP contribution in [0.4, 0.5) is 11.4 Å². The molecule has 0 aliphatic carbocycles. The molecule has 0 unspecified atom stereocenters. The molecule has 0 radical (unpaired) electrons. The standard InChI is InChI=1S/C15H24ClN3/c1-4-18-5-7-19(8-6-18)12-9-13(11(2)3)15(17)14(16)10-12/h9-11H,4-8,17H2,1-3H3. The molecule has 1 saturated heterocycles. The van der Waals surface area contributed by atoms with Crippen LogP contribution in [0.25, 0.3) is 0 Å². The number of hydrogen-bond donors (Lipinski definition) is 1. The molecule has 1 heterocycles. The highest BCUT2D eigenvalue weighted by Crippen LogP contribution is 2.34. The number of halogens is 1. The van der Waals surface area contributed by atoms with Crippen molar-refractivity contribution in [2.75, 3.05) is 43.4 Å². The molecule has 2 rings (SSSR count). The van der Waals surface area contributed by atoms with E-state index < -0.39 is 0 Å². The molecular weight excluding hydrogens is 258 g/mol. The normalized spacial score (nSPS) is 17.2. The third-order valence-electron chi connectivity index (χ3n) is 3.95. The number of nitrogens with zero attached hydrogens (tertiary/aromatic N) is 2. The topological polar surface area (TPSA) is 32.5 Å². The first-order valence-corrected chi connectivity index (χ1v) is 7.47. The van der Waals surface area contributed by atoms with E-state index in [2.05, 4.69) is 36.6 Å². The first-order valence-electron chi connectivity index (χ1n) is 7.09. The van der Waals surface area contributed by atoms with Gasteiger partial charge in [0.15, 0.2) is 0 Å². The van der Waals surface area contributed by atoms with Crippen molar-refractivity contribution < 1.29 is 0 Å². The van der Waals surface area contributed by atoms with Crippen LogP contribution in [0.2, 0.25) is 5.02 Å². The summed E-state index contributed by atoms with van der Waals surface area (Å²) >= 11 is 6.28. The van der Waals surface area contributed by atoms with Crippen molar-refractivity contribution in [3.8, 4) is 0 Å². The Bertz CT molecular complexity index is 437. The Morgan fingerprint density at radius 3 is 2.37 bits per heavy atom. The molecule has 1 aromatic carbocycles. The van der Waals surface area contributed by atoms with Gasteiger partial charge < -0.3 is 15.5 Å². The zero-order valence-electron chi connectivity index (χ0n) is 12.1. The van der Waals surface area contributed by atoms with Gasteiger partial charge in [0.25, 0.3) is 0 Å². The van der Waals surface area contributed by atoms with Crippen LogP contribution in [0.3, 0.4) is 0 Å². The fraction of sp³-hybridized carbons (Fsp3) is 0.600. The molecule has 3 nitrogen and oxygen atoms in total. The van der Waals surface area contributed by atoms with E-state index in [1.807, 2.05) is 6.07 Å². The predicted molar refractivity (Wildman–Crippen MR) is 84.3 cm³/mol. The summed E-state index contributed by atoms with van der Waals surface area (Å²) in [6.07, 6.45) is 0. The summed E-state index contributed by atoms with van der Waals surface area (Å²) in [6, 6.07) is 4.21. The van der Waals surface area contributed by atoms with Crippen molar-refractivity contribution in [3.63, 3.8) is 0 Å². The average Bonchev–Trinajstić information content (AvgIpc) is 2.41. The third-order valence-corrected chi connectivity index (χ3v) is 4.27. The summed E-state index contributed by atoms with van der Waals surface area (Å²) in [6.45, 7) is 12.0. The van der Waals surface area contributed by atoms with E-state index in [1.54, 1.807) is 0 Å². The lowest BCUT2D eigenvalue weighted by Crippen LogP contribution is -2.46. The lowest BCUT2D eigenvalue weighted by Gasteiger charge is -2.36. The van der Waals surface area contributed by atoms with Gasteiger partial charge >= 0.3 is 0 Å². The van der Waals surface area contributed by atoms with E-state index in [0.29, 0.717) is 10.9 Å². The third kappa shape index (κ3) is 3.15. The lowest BCUT2D eigenvalue weighted by atomic mass is 10.00. The molecule has 1 aliphatic rings. The highest BCUT2D eigenvalue weighted by Gasteiger charge is 2.18. The monoisotopic (exact) mass is 281 g/mol. The van der Waals surface area contributed by atoms with Gasteiger partial charge in [0.2, 0.25) is 0 Å². The van der Waals surface area contributed by atoms with Crippen LogP contribution in [0.15, 0.2) is 12.1 Å². The van der Waals surface area contributed by atoms with Crippen LogP contribution in [0, 0.1) is 0 Å². The van der Waals surface area contributed by atoms with Crippen LogP contribution in [0.5, 0.6) is 0 Å². The second kappa shape index (κ2) is 6.02. The number of nitrogens with two attached hydrogens (primary N) is 1. The van der Waals surface area contributed by atoms with Gasteiger partial charge in [-0.3, -0.25) is 0 Å². The number of piperazine rings is 1. The van der Waals surface area contributed by atoms with E-state index in [0.717, 1.165) is 44.0 Å². The second-order valence-corrected chi connectivity index (χ2v) is 5.91. The molecule has 19 heavy (non-hydrogen) atoms. The van der Waals surface area contributed by atoms with E-state index >= 15 is 0 Å². The Hall–Kier alpha value is -0.930. The molecule has 106 valence electrons. The van der Waals surface area contributed by atoms with E-state index in [-0.39, 0.29) is 0 Å². The maximum Gasteiger partial charge on any atom is 0.0658 e. The minimum Gasteiger partial charge on any atom is -0.397 e. The van der Waals surface area contributed by atoms with Gasteiger partial charge in [0.05, 0.1) is 10.7 Å². The van der Waals surface area contributed by atoms with Gasteiger partial charge in [-0.2, -0.15) is 0 Å². The molecule has 1 fully saturated rings. The largest absolute Gasteiger partial charge is 0.397 e. The number of benzene rings is 1. The van der Waals surface area contributed by atoms with Gasteiger partial charge in [-0.1, -0.05) is 32.4 Å². The summed E-state index contributed by atoms with van der Waals surface area (Å²) in [5.74, 6) is 0.398. The summed E-state index contributed by atoms with van der Waals surface area (Å²) in [5, 5.41) is 0.680. The fourth-order valence-corrected chi connectivity index (χ4v) is 2.83. The summed E-state index contributed by atoms with van der Waals surface area (Å²) < 4.78 is 0. The fourth-order valence-electron chi connectivity index (χ4n) is 2.61. The predicted octanol–water partition coefficient (Wildman–Crippen LogP) is 3.19. The first kappa shape index (κ1) is 14.5. The van der Waals surface area contributed by atoms with E-state index in [1.165, 1.54) is 5.69 Å². The molecule has 0 amide bonds. The highest BCUT2D eigenvalue weighted by atomic mass is 35.5. The summed E-state index contributed by atoms with van der Waals surface area (Å²) in [7, 11) is 0. The first-order chi connectivity index (χ1) is 9.02. The van der Waals surface area contributed by atoms with Crippen LogP contribution in [-0.2, 0) is 0 Å². The second-order valence-electron chi connectivity index (χ2n) is 5.51. The molecule has 0 bridgehead atoms. The molecule has 1 aromatic rings. The number of nitrogen functional groups attached to an aromatic ring is 1. The van der Waals surface area contributed by atoms with Gasteiger partial charge in [0, 0.05) is 31.9 Å². The zero-order valence-corrected chi connectivity index (χ0v) is 12.9. The number of anilines is 2. The van der Waals surface area contributed by atoms with Crippen molar-refractivity contribution in [1.29, 1.82) is 0 Å². The lowest BCUT2D eigenvalue weighted by molar-refractivity contribution is 0.271. The van der Waals surface area contributed by atoms with Crippen LogP contribution >= 0.6 is 11.6 Å². The maximum absolute atomic E-state index is 6.28. The van der Waals surface area contributed by atoms with Gasteiger partial charge in [0.1, 0.15) is 0 Å². The molecule has 2 N–H and O–H groups in total. The molecule has 0 saturated carbocycles. The molecule has 0 atom stereocenters. The highest BCUT2D eigenvalue weighted by molar-refractivity contribution is 6.33. The Kier molecular flexibility index (Phi) is 4.58. The summed E-state index contributed by atoms with van der Waals surface area (Å²) in [5.41, 5.74) is 9.16.